The minimum atomic E-state index is 0. The van der Waals surface area contributed by atoms with Crippen LogP contribution in [0.4, 0.5) is 0 Å². The Morgan fingerprint density at radius 2 is 1.86 bits per heavy atom. The number of hydrogen-bond donors (Lipinski definition) is 2. The number of nitrogens with zero attached hydrogens (tertiary/aromatic N) is 1. The van der Waals surface area contributed by atoms with E-state index in [1.807, 2.05) is 30.3 Å². The van der Waals surface area contributed by atoms with Crippen molar-refractivity contribution >= 4 is 29.9 Å². The molecule has 0 aliphatic carbocycles. The van der Waals surface area contributed by atoms with Crippen LogP contribution in [-0.2, 0) is 0 Å². The van der Waals surface area contributed by atoms with Crippen molar-refractivity contribution < 1.29 is 4.74 Å². The fraction of sp³-hybridized carbons (Fsp3) is 0.562. The van der Waals surface area contributed by atoms with E-state index in [1.54, 1.807) is 0 Å². The smallest absolute Gasteiger partial charge is 0.191 e. The van der Waals surface area contributed by atoms with Gasteiger partial charge in [0.05, 0.1) is 6.61 Å². The fourth-order valence-corrected chi connectivity index (χ4v) is 1.69. The summed E-state index contributed by atoms with van der Waals surface area (Å²) in [7, 11) is 0. The van der Waals surface area contributed by atoms with Crippen molar-refractivity contribution in [2.24, 2.45) is 4.99 Å². The Morgan fingerprint density at radius 1 is 1.10 bits per heavy atom. The molecule has 0 heterocycles. The number of ether oxygens (including phenoxy) is 1. The first-order valence-corrected chi connectivity index (χ1v) is 7.56. The highest BCUT2D eigenvalue weighted by Gasteiger charge is 1.96. The van der Waals surface area contributed by atoms with Crippen LogP contribution in [0, 0.1) is 0 Å². The molecule has 0 atom stereocenters. The summed E-state index contributed by atoms with van der Waals surface area (Å²) < 4.78 is 5.64. The third-order valence-electron chi connectivity index (χ3n) is 2.75. The average molecular weight is 405 g/mol. The number of aliphatic imine (C=N–C) groups is 1. The second kappa shape index (κ2) is 14.0. The second-order valence-electron chi connectivity index (χ2n) is 4.56. The van der Waals surface area contributed by atoms with Crippen LogP contribution < -0.4 is 15.4 Å². The molecule has 0 fully saturated rings. The summed E-state index contributed by atoms with van der Waals surface area (Å²) in [5.41, 5.74) is 0. The van der Waals surface area contributed by atoms with E-state index < -0.39 is 0 Å². The number of nitrogens with one attached hydrogen (secondary N) is 2. The van der Waals surface area contributed by atoms with E-state index in [0.29, 0.717) is 6.61 Å². The van der Waals surface area contributed by atoms with Gasteiger partial charge in [-0.15, -0.1) is 24.0 Å². The van der Waals surface area contributed by atoms with E-state index in [0.717, 1.165) is 37.8 Å². The van der Waals surface area contributed by atoms with Gasteiger partial charge < -0.3 is 15.4 Å². The van der Waals surface area contributed by atoms with Gasteiger partial charge in [-0.2, -0.15) is 0 Å². The molecule has 0 aliphatic rings. The van der Waals surface area contributed by atoms with Gasteiger partial charge in [0.2, 0.25) is 0 Å². The number of rotatable bonds is 9. The lowest BCUT2D eigenvalue weighted by Crippen LogP contribution is -2.37. The number of benzene rings is 1. The minimum absolute atomic E-state index is 0. The topological polar surface area (TPSA) is 45.7 Å². The molecule has 21 heavy (non-hydrogen) atoms. The number of hydrogen-bond acceptors (Lipinski definition) is 2. The highest BCUT2D eigenvalue weighted by atomic mass is 127. The number of halogens is 1. The van der Waals surface area contributed by atoms with Crippen molar-refractivity contribution in [2.75, 3.05) is 26.2 Å². The highest BCUT2D eigenvalue weighted by molar-refractivity contribution is 14.0. The quantitative estimate of drug-likeness (QED) is 0.287. The number of unbranched alkanes of at least 4 members (excludes halogenated alkanes) is 1. The van der Waals surface area contributed by atoms with Gasteiger partial charge in [-0.05, 0) is 25.5 Å². The zero-order valence-corrected chi connectivity index (χ0v) is 15.4. The summed E-state index contributed by atoms with van der Waals surface area (Å²) in [5, 5.41) is 6.58. The third kappa shape index (κ3) is 10.4. The Hall–Kier alpha value is -0.980. The van der Waals surface area contributed by atoms with E-state index >= 15 is 0 Å². The summed E-state index contributed by atoms with van der Waals surface area (Å²) in [6.45, 7) is 7.60. The highest BCUT2D eigenvalue weighted by Crippen LogP contribution is 2.08. The predicted molar refractivity (Wildman–Crippen MR) is 101 cm³/mol. The van der Waals surface area contributed by atoms with Crippen molar-refractivity contribution in [3.05, 3.63) is 30.3 Å². The van der Waals surface area contributed by atoms with Gasteiger partial charge in [0, 0.05) is 26.1 Å². The molecule has 1 aromatic carbocycles. The summed E-state index contributed by atoms with van der Waals surface area (Å²) in [6, 6.07) is 9.89. The summed E-state index contributed by atoms with van der Waals surface area (Å²) in [6.07, 6.45) is 3.28. The van der Waals surface area contributed by atoms with E-state index in [1.165, 1.54) is 12.8 Å². The van der Waals surface area contributed by atoms with Crippen molar-refractivity contribution in [1.29, 1.82) is 0 Å². The second-order valence-corrected chi connectivity index (χ2v) is 4.56. The first kappa shape index (κ1) is 20.0. The number of guanidine groups is 1. The van der Waals surface area contributed by atoms with Gasteiger partial charge in [-0.1, -0.05) is 31.5 Å². The Labute approximate surface area is 145 Å². The molecule has 1 aromatic rings. The van der Waals surface area contributed by atoms with Crippen LogP contribution in [0.25, 0.3) is 0 Å². The van der Waals surface area contributed by atoms with Crippen molar-refractivity contribution in [1.82, 2.24) is 10.6 Å². The molecular weight excluding hydrogens is 377 g/mol. The molecule has 0 saturated heterocycles. The van der Waals surface area contributed by atoms with Gasteiger partial charge in [-0.25, -0.2) is 0 Å². The van der Waals surface area contributed by atoms with Gasteiger partial charge in [0.25, 0.3) is 0 Å². The monoisotopic (exact) mass is 405 g/mol. The lowest BCUT2D eigenvalue weighted by Gasteiger charge is -2.10. The maximum atomic E-state index is 5.64. The molecule has 0 spiro atoms. The number of para-hydroxylation sites is 1. The lowest BCUT2D eigenvalue weighted by atomic mass is 10.3. The van der Waals surface area contributed by atoms with E-state index in [2.05, 4.69) is 29.5 Å². The summed E-state index contributed by atoms with van der Waals surface area (Å²) >= 11 is 0. The molecule has 0 aliphatic heterocycles. The third-order valence-corrected chi connectivity index (χ3v) is 2.75. The Kier molecular flexibility index (Phi) is 13.3. The van der Waals surface area contributed by atoms with E-state index in [-0.39, 0.29) is 24.0 Å². The van der Waals surface area contributed by atoms with Crippen molar-refractivity contribution in [3.63, 3.8) is 0 Å². The van der Waals surface area contributed by atoms with Crippen molar-refractivity contribution in [3.8, 4) is 5.75 Å². The van der Waals surface area contributed by atoms with Gasteiger partial charge >= 0.3 is 0 Å². The van der Waals surface area contributed by atoms with Gasteiger partial charge in [0.1, 0.15) is 5.75 Å². The first-order chi connectivity index (χ1) is 9.86. The van der Waals surface area contributed by atoms with Crippen molar-refractivity contribution in [2.45, 2.75) is 33.1 Å². The molecule has 2 N–H and O–H groups in total. The first-order valence-electron chi connectivity index (χ1n) is 7.56. The van der Waals surface area contributed by atoms with Crippen LogP contribution in [0.1, 0.15) is 33.1 Å². The molecule has 0 radical (unpaired) electrons. The van der Waals surface area contributed by atoms with E-state index in [4.69, 9.17) is 4.74 Å². The van der Waals surface area contributed by atoms with Crippen LogP contribution >= 0.6 is 24.0 Å². The van der Waals surface area contributed by atoms with Crippen LogP contribution in [0.2, 0.25) is 0 Å². The van der Waals surface area contributed by atoms with Crippen LogP contribution in [0.5, 0.6) is 5.75 Å². The molecule has 120 valence electrons. The maximum Gasteiger partial charge on any atom is 0.191 e. The van der Waals surface area contributed by atoms with Crippen LogP contribution in [-0.4, -0.2) is 32.2 Å². The molecular formula is C16H28IN3O. The minimum Gasteiger partial charge on any atom is -0.494 e. The molecule has 5 heteroatoms. The zero-order valence-electron chi connectivity index (χ0n) is 13.1. The van der Waals surface area contributed by atoms with Crippen LogP contribution in [0.3, 0.4) is 0 Å². The van der Waals surface area contributed by atoms with Crippen LogP contribution in [0.15, 0.2) is 35.3 Å². The standard InChI is InChI=1S/C16H27N3O.HI/c1-3-5-12-18-16(17-4-2)19-13-9-14-20-15-10-7-6-8-11-15;/h6-8,10-11H,3-5,9,12-14H2,1-2H3,(H2,17,18,19);1H. The van der Waals surface area contributed by atoms with E-state index in [9.17, 15) is 0 Å². The largest absolute Gasteiger partial charge is 0.494 e. The average Bonchev–Trinajstić information content (AvgIpc) is 2.48. The van der Waals surface area contributed by atoms with Gasteiger partial charge in [-0.3, -0.25) is 4.99 Å². The molecule has 0 saturated carbocycles. The molecule has 4 nitrogen and oxygen atoms in total. The Bertz CT molecular complexity index is 371. The fourth-order valence-electron chi connectivity index (χ4n) is 1.69. The predicted octanol–water partition coefficient (Wildman–Crippen LogP) is 3.43. The molecule has 0 amide bonds. The summed E-state index contributed by atoms with van der Waals surface area (Å²) in [4.78, 5) is 4.53. The Balaban J connectivity index is 0.00000400. The van der Waals surface area contributed by atoms with Gasteiger partial charge in [0.15, 0.2) is 5.96 Å². The normalized spacial score (nSPS) is 10.7. The SMILES string of the molecule is CCCCNC(=NCCCOc1ccccc1)NCC.I. The zero-order chi connectivity index (χ0) is 14.5. The molecule has 1 rings (SSSR count). The summed E-state index contributed by atoms with van der Waals surface area (Å²) in [5.74, 6) is 1.82. The maximum absolute atomic E-state index is 5.64. The molecule has 0 aromatic heterocycles. The lowest BCUT2D eigenvalue weighted by molar-refractivity contribution is 0.313. The molecule has 0 unspecified atom stereocenters. The molecule has 0 bridgehead atoms. The Morgan fingerprint density at radius 3 is 2.52 bits per heavy atom.